The lowest BCUT2D eigenvalue weighted by atomic mass is 10.1. The molecule has 0 aliphatic carbocycles. The van der Waals surface area contributed by atoms with Crippen LogP contribution in [-0.4, -0.2) is 70.2 Å². The molecule has 1 aliphatic heterocycles. The van der Waals surface area contributed by atoms with Gasteiger partial charge in [0.05, 0.1) is 5.69 Å². The first-order valence-corrected chi connectivity index (χ1v) is 8.72. The Morgan fingerprint density at radius 1 is 1.40 bits per heavy atom. The fourth-order valence-corrected chi connectivity index (χ4v) is 3.23. The molecule has 134 valence electrons. The minimum atomic E-state index is 0.0756. The average Bonchev–Trinajstić information content (AvgIpc) is 3.30. The van der Waals surface area contributed by atoms with Gasteiger partial charge in [-0.25, -0.2) is 9.67 Å². The van der Waals surface area contributed by atoms with Gasteiger partial charge in [0.2, 0.25) is 5.91 Å². The zero-order valence-corrected chi connectivity index (χ0v) is 14.9. The lowest BCUT2D eigenvalue weighted by molar-refractivity contribution is -0.121. The first kappa shape index (κ1) is 17.6. The van der Waals surface area contributed by atoms with E-state index in [1.807, 2.05) is 24.3 Å². The molecule has 3 rings (SSSR count). The Balaban J connectivity index is 1.48. The van der Waals surface area contributed by atoms with E-state index < -0.39 is 0 Å². The summed E-state index contributed by atoms with van der Waals surface area (Å²) in [4.78, 5) is 20.8. The molecule has 1 aliphatic rings. The van der Waals surface area contributed by atoms with Crippen LogP contribution in [0, 0.1) is 0 Å². The maximum Gasteiger partial charge on any atom is 0.221 e. The van der Waals surface area contributed by atoms with E-state index >= 15 is 0 Å². The number of likely N-dealkylation sites (N-methyl/N-ethyl adjacent to an activating group) is 2. The van der Waals surface area contributed by atoms with Crippen LogP contribution in [-0.2, 0) is 11.3 Å². The summed E-state index contributed by atoms with van der Waals surface area (Å²) in [5, 5.41) is 7.18. The van der Waals surface area contributed by atoms with Crippen LogP contribution in [0.15, 0.2) is 36.9 Å². The number of aromatic nitrogens is 3. The van der Waals surface area contributed by atoms with Crippen molar-refractivity contribution in [3.8, 4) is 5.69 Å². The molecule has 0 spiro atoms. The number of amides is 1. The third kappa shape index (κ3) is 4.64. The Morgan fingerprint density at radius 3 is 2.96 bits per heavy atom. The van der Waals surface area contributed by atoms with Crippen molar-refractivity contribution in [3.05, 3.63) is 42.5 Å². The fourth-order valence-electron chi connectivity index (χ4n) is 3.23. The topological polar surface area (TPSA) is 66.3 Å². The third-order valence-corrected chi connectivity index (χ3v) is 4.81. The molecule has 1 N–H and O–H groups in total. The lowest BCUT2D eigenvalue weighted by Crippen LogP contribution is -2.36. The normalized spacial score (nSPS) is 18.0. The van der Waals surface area contributed by atoms with Crippen molar-refractivity contribution in [2.45, 2.75) is 25.4 Å². The smallest absolute Gasteiger partial charge is 0.221 e. The second kappa shape index (κ2) is 8.22. The van der Waals surface area contributed by atoms with E-state index in [1.54, 1.807) is 11.0 Å². The van der Waals surface area contributed by atoms with Crippen LogP contribution in [0.1, 0.15) is 18.4 Å². The SMILES string of the molecule is CN1CC[C@@H](N(C)CCC(=O)NCc2ccccc2-n2cncn2)C1. The number of hydrogen-bond donors (Lipinski definition) is 1. The number of nitrogens with one attached hydrogen (secondary N) is 1. The van der Waals surface area contributed by atoms with Gasteiger partial charge in [-0.15, -0.1) is 0 Å². The predicted octanol–water partition coefficient (Wildman–Crippen LogP) is 0.910. The lowest BCUT2D eigenvalue weighted by Gasteiger charge is -2.23. The van der Waals surface area contributed by atoms with Crippen LogP contribution in [0.4, 0.5) is 0 Å². The number of benzene rings is 1. The Hall–Kier alpha value is -2.25. The van der Waals surface area contributed by atoms with Gasteiger partial charge >= 0.3 is 0 Å². The first-order valence-electron chi connectivity index (χ1n) is 8.72. The van der Waals surface area contributed by atoms with Crippen LogP contribution >= 0.6 is 0 Å². The Labute approximate surface area is 148 Å². The van der Waals surface area contributed by atoms with Gasteiger partial charge < -0.3 is 15.1 Å². The Kier molecular flexibility index (Phi) is 5.78. The third-order valence-electron chi connectivity index (χ3n) is 4.81. The van der Waals surface area contributed by atoms with Crippen LogP contribution < -0.4 is 5.32 Å². The summed E-state index contributed by atoms with van der Waals surface area (Å²) in [6.07, 6.45) is 4.86. The molecule has 7 nitrogen and oxygen atoms in total. The molecule has 2 heterocycles. The van der Waals surface area contributed by atoms with Crippen molar-refractivity contribution in [1.82, 2.24) is 29.9 Å². The number of likely N-dealkylation sites (tertiary alicyclic amines) is 1. The molecular formula is C18H26N6O. The predicted molar refractivity (Wildman–Crippen MR) is 96.4 cm³/mol. The molecule has 0 saturated carbocycles. The van der Waals surface area contributed by atoms with Gasteiger partial charge in [-0.3, -0.25) is 4.79 Å². The Bertz CT molecular complexity index is 687. The molecular weight excluding hydrogens is 316 g/mol. The number of rotatable bonds is 7. The molecule has 1 fully saturated rings. The summed E-state index contributed by atoms with van der Waals surface area (Å²) in [5.41, 5.74) is 1.96. The fraction of sp³-hybridized carbons (Fsp3) is 0.500. The van der Waals surface area contributed by atoms with Crippen molar-refractivity contribution in [2.75, 3.05) is 33.7 Å². The van der Waals surface area contributed by atoms with Crippen molar-refractivity contribution in [2.24, 2.45) is 0 Å². The van der Waals surface area contributed by atoms with Crippen molar-refractivity contribution < 1.29 is 4.79 Å². The molecule has 1 saturated heterocycles. The molecule has 0 unspecified atom stereocenters. The standard InChI is InChI=1S/C18H26N6O/c1-22-9-7-16(12-22)23(2)10-8-18(25)20-11-15-5-3-4-6-17(15)24-14-19-13-21-24/h3-6,13-14,16H,7-12H2,1-2H3,(H,20,25)/t16-/m1/s1. The minimum absolute atomic E-state index is 0.0756. The highest BCUT2D eigenvalue weighted by Crippen LogP contribution is 2.14. The van der Waals surface area contributed by atoms with Gasteiger partial charge in [-0.05, 0) is 38.7 Å². The second-order valence-corrected chi connectivity index (χ2v) is 6.68. The van der Waals surface area contributed by atoms with Crippen LogP contribution in [0.5, 0.6) is 0 Å². The van der Waals surface area contributed by atoms with E-state index in [0.717, 1.165) is 30.9 Å². The molecule has 1 atom stereocenters. The Morgan fingerprint density at radius 2 is 2.24 bits per heavy atom. The maximum absolute atomic E-state index is 12.2. The number of para-hydroxylation sites is 1. The number of carbonyl (C=O) groups excluding carboxylic acids is 1. The van der Waals surface area contributed by atoms with Gasteiger partial charge in [0, 0.05) is 32.1 Å². The molecule has 7 heteroatoms. The van der Waals surface area contributed by atoms with Crippen LogP contribution in [0.2, 0.25) is 0 Å². The van der Waals surface area contributed by atoms with E-state index in [0.29, 0.717) is 19.0 Å². The maximum atomic E-state index is 12.2. The van der Waals surface area contributed by atoms with Gasteiger partial charge in [0.15, 0.2) is 0 Å². The summed E-state index contributed by atoms with van der Waals surface area (Å²) < 4.78 is 1.71. The van der Waals surface area contributed by atoms with E-state index in [2.05, 4.69) is 39.3 Å². The van der Waals surface area contributed by atoms with E-state index in [4.69, 9.17) is 0 Å². The highest BCUT2D eigenvalue weighted by atomic mass is 16.1. The van der Waals surface area contributed by atoms with Gasteiger partial charge in [-0.2, -0.15) is 5.10 Å². The average molecular weight is 342 g/mol. The van der Waals surface area contributed by atoms with Crippen LogP contribution in [0.3, 0.4) is 0 Å². The summed E-state index contributed by atoms with van der Waals surface area (Å²) >= 11 is 0. The largest absolute Gasteiger partial charge is 0.352 e. The summed E-state index contributed by atoms with van der Waals surface area (Å²) in [5.74, 6) is 0.0756. The van der Waals surface area contributed by atoms with Crippen LogP contribution in [0.25, 0.3) is 5.69 Å². The zero-order chi connectivity index (χ0) is 17.6. The number of hydrogen-bond acceptors (Lipinski definition) is 5. The van der Waals surface area contributed by atoms with E-state index in [-0.39, 0.29) is 5.91 Å². The highest BCUT2D eigenvalue weighted by Gasteiger charge is 2.23. The van der Waals surface area contributed by atoms with Gasteiger partial charge in [-0.1, -0.05) is 18.2 Å². The molecule has 2 aromatic rings. The number of nitrogens with zero attached hydrogens (tertiary/aromatic N) is 5. The number of carbonyl (C=O) groups is 1. The van der Waals surface area contributed by atoms with Gasteiger partial charge in [0.1, 0.15) is 12.7 Å². The minimum Gasteiger partial charge on any atom is -0.352 e. The molecule has 25 heavy (non-hydrogen) atoms. The highest BCUT2D eigenvalue weighted by molar-refractivity contribution is 5.76. The first-order chi connectivity index (χ1) is 12.1. The summed E-state index contributed by atoms with van der Waals surface area (Å²) in [6, 6.07) is 8.45. The van der Waals surface area contributed by atoms with E-state index in [9.17, 15) is 4.79 Å². The molecule has 1 aromatic carbocycles. The molecule has 1 aromatic heterocycles. The van der Waals surface area contributed by atoms with Gasteiger partial charge in [0.25, 0.3) is 0 Å². The summed E-state index contributed by atoms with van der Waals surface area (Å²) in [6.45, 7) is 3.50. The monoisotopic (exact) mass is 342 g/mol. The second-order valence-electron chi connectivity index (χ2n) is 6.68. The molecule has 0 radical (unpaired) electrons. The van der Waals surface area contributed by atoms with Crippen molar-refractivity contribution in [1.29, 1.82) is 0 Å². The summed E-state index contributed by atoms with van der Waals surface area (Å²) in [7, 11) is 4.25. The van der Waals surface area contributed by atoms with Crippen molar-refractivity contribution >= 4 is 5.91 Å². The molecule has 1 amide bonds. The molecule has 0 bridgehead atoms. The van der Waals surface area contributed by atoms with Crippen molar-refractivity contribution in [3.63, 3.8) is 0 Å². The van der Waals surface area contributed by atoms with E-state index in [1.165, 1.54) is 12.7 Å². The zero-order valence-electron chi connectivity index (χ0n) is 14.9. The quantitative estimate of drug-likeness (QED) is 0.810.